The summed E-state index contributed by atoms with van der Waals surface area (Å²) in [4.78, 5) is 14.2. The highest BCUT2D eigenvalue weighted by molar-refractivity contribution is 9.09. The Kier molecular flexibility index (Phi) is 7.69. The van der Waals surface area contributed by atoms with Crippen LogP contribution in [0.4, 0.5) is 0 Å². The Morgan fingerprint density at radius 3 is 1.97 bits per heavy atom. The van der Waals surface area contributed by atoms with Crippen LogP contribution in [0.3, 0.4) is 0 Å². The molecule has 4 rings (SSSR count). The summed E-state index contributed by atoms with van der Waals surface area (Å²) in [6, 6.07) is 20.5. The molecule has 0 bridgehead atoms. The number of para-hydroxylation sites is 1. The molecule has 0 aliphatic rings. The van der Waals surface area contributed by atoms with E-state index in [-0.39, 0.29) is 5.78 Å². The number of furan rings is 1. The maximum atomic E-state index is 14.2. The van der Waals surface area contributed by atoms with E-state index in [1.165, 1.54) is 0 Å². The van der Waals surface area contributed by atoms with E-state index in [4.69, 9.17) is 18.6 Å². The van der Waals surface area contributed by atoms with Crippen LogP contribution >= 0.6 is 15.9 Å². The molecule has 0 saturated carbocycles. The number of hydrogen-bond donors (Lipinski definition) is 0. The number of carbonyl (C=O) groups excluding carboxylic acids is 1. The van der Waals surface area contributed by atoms with Crippen LogP contribution in [0.15, 0.2) is 71.1 Å². The van der Waals surface area contributed by atoms with Crippen LogP contribution < -0.4 is 14.2 Å². The quantitative estimate of drug-likeness (QED) is 0.159. The third-order valence-corrected chi connectivity index (χ3v) is 5.60. The van der Waals surface area contributed by atoms with Crippen LogP contribution in [-0.2, 0) is 0 Å². The van der Waals surface area contributed by atoms with E-state index < -0.39 is 11.2 Å². The lowest BCUT2D eigenvalue weighted by atomic mass is 9.97. The van der Waals surface area contributed by atoms with Gasteiger partial charge in [-0.3, -0.25) is 4.79 Å². The van der Waals surface area contributed by atoms with Crippen molar-refractivity contribution in [2.45, 2.75) is 52.7 Å². The van der Waals surface area contributed by atoms with Gasteiger partial charge in [-0.05, 0) is 84.0 Å². The highest BCUT2D eigenvalue weighted by atomic mass is 79.9. The van der Waals surface area contributed by atoms with Gasteiger partial charge in [0.2, 0.25) is 0 Å². The zero-order valence-electron chi connectivity index (χ0n) is 22.2. The molecule has 194 valence electrons. The fourth-order valence-electron chi connectivity index (χ4n) is 4.01. The van der Waals surface area contributed by atoms with Crippen molar-refractivity contribution in [1.82, 2.24) is 0 Å². The number of ether oxygens (including phenoxy) is 3. The second kappa shape index (κ2) is 10.6. The number of carbonyl (C=O) groups is 1. The Labute approximate surface area is 226 Å². The van der Waals surface area contributed by atoms with E-state index in [2.05, 4.69) is 15.9 Å². The van der Waals surface area contributed by atoms with Gasteiger partial charge < -0.3 is 18.6 Å². The second-order valence-electron chi connectivity index (χ2n) is 10.8. The molecule has 0 atom stereocenters. The van der Waals surface area contributed by atoms with E-state index in [0.29, 0.717) is 40.6 Å². The summed E-state index contributed by atoms with van der Waals surface area (Å²) in [7, 11) is 0. The molecule has 0 fully saturated rings. The van der Waals surface area contributed by atoms with Gasteiger partial charge in [0.05, 0.1) is 12.2 Å². The van der Waals surface area contributed by atoms with Crippen LogP contribution in [0.5, 0.6) is 17.2 Å². The maximum Gasteiger partial charge on any atom is 0.197 e. The van der Waals surface area contributed by atoms with Crippen molar-refractivity contribution in [3.63, 3.8) is 0 Å². The van der Waals surface area contributed by atoms with Gasteiger partial charge >= 0.3 is 0 Å². The molecule has 37 heavy (non-hydrogen) atoms. The minimum atomic E-state index is -0.438. The number of halogens is 1. The van der Waals surface area contributed by atoms with Gasteiger partial charge in [0.15, 0.2) is 5.78 Å². The van der Waals surface area contributed by atoms with E-state index in [9.17, 15) is 4.79 Å². The predicted octanol–water partition coefficient (Wildman–Crippen LogP) is 8.46. The summed E-state index contributed by atoms with van der Waals surface area (Å²) >= 11 is 3.37. The van der Waals surface area contributed by atoms with Crippen molar-refractivity contribution in [3.05, 3.63) is 77.9 Å². The molecular formula is C31H33BrO5. The van der Waals surface area contributed by atoms with Crippen molar-refractivity contribution < 1.29 is 23.4 Å². The summed E-state index contributed by atoms with van der Waals surface area (Å²) in [6.45, 7) is 12.4. The third kappa shape index (κ3) is 6.75. The second-order valence-corrected chi connectivity index (χ2v) is 11.6. The summed E-state index contributed by atoms with van der Waals surface area (Å²) < 4.78 is 24.2. The molecular weight excluding hydrogens is 532 g/mol. The van der Waals surface area contributed by atoms with Crippen LogP contribution in [-0.4, -0.2) is 28.9 Å². The fourth-order valence-corrected chi connectivity index (χ4v) is 4.17. The number of ketones is 1. The summed E-state index contributed by atoms with van der Waals surface area (Å²) in [6.07, 6.45) is 0. The predicted molar refractivity (Wildman–Crippen MR) is 152 cm³/mol. The van der Waals surface area contributed by atoms with Gasteiger partial charge in [-0.2, -0.15) is 0 Å². The van der Waals surface area contributed by atoms with Crippen molar-refractivity contribution in [2.75, 3.05) is 11.9 Å². The lowest BCUT2D eigenvalue weighted by molar-refractivity contribution is 0.102. The largest absolute Gasteiger partial charge is 0.493 e. The standard InChI is InChI=1S/C31H33BrO5/c1-30(2,3)36-23-17-21(18-24(19-23)37-31(4,5)6)28(33)27-25-9-7-8-10-26(25)35-29(27)20-11-13-22(14-12-20)34-16-15-32/h7-14,17-19H,15-16H2,1-6H3. The average molecular weight is 566 g/mol. The fraction of sp³-hybridized carbons (Fsp3) is 0.323. The Bertz CT molecular complexity index is 1350. The molecule has 0 N–H and O–H groups in total. The molecule has 6 heteroatoms. The average Bonchev–Trinajstić information content (AvgIpc) is 3.19. The molecule has 3 aromatic carbocycles. The van der Waals surface area contributed by atoms with E-state index in [1.54, 1.807) is 12.1 Å². The van der Waals surface area contributed by atoms with Gasteiger partial charge in [0.25, 0.3) is 0 Å². The first kappa shape index (κ1) is 26.8. The summed E-state index contributed by atoms with van der Waals surface area (Å²) in [5.74, 6) is 2.24. The molecule has 0 saturated heterocycles. The molecule has 5 nitrogen and oxygen atoms in total. The monoisotopic (exact) mass is 564 g/mol. The maximum absolute atomic E-state index is 14.2. The van der Waals surface area contributed by atoms with Crippen molar-refractivity contribution in [3.8, 4) is 28.6 Å². The highest BCUT2D eigenvalue weighted by Gasteiger charge is 2.25. The van der Waals surface area contributed by atoms with Crippen molar-refractivity contribution in [2.24, 2.45) is 0 Å². The van der Waals surface area contributed by atoms with Crippen molar-refractivity contribution >= 4 is 32.7 Å². The molecule has 0 unspecified atom stereocenters. The zero-order valence-corrected chi connectivity index (χ0v) is 23.8. The minimum Gasteiger partial charge on any atom is -0.493 e. The van der Waals surface area contributed by atoms with E-state index in [1.807, 2.05) is 96.1 Å². The molecule has 0 spiro atoms. The number of fused-ring (bicyclic) bond motifs is 1. The number of alkyl halides is 1. The van der Waals surface area contributed by atoms with E-state index >= 15 is 0 Å². The molecule has 1 heterocycles. The topological polar surface area (TPSA) is 57.9 Å². The Morgan fingerprint density at radius 2 is 1.41 bits per heavy atom. The number of benzene rings is 3. The molecule has 1 aromatic heterocycles. The van der Waals surface area contributed by atoms with Gasteiger partial charge in [-0.25, -0.2) is 0 Å². The molecule has 0 aliphatic heterocycles. The first-order valence-corrected chi connectivity index (χ1v) is 13.4. The minimum absolute atomic E-state index is 0.169. The Hall–Kier alpha value is -3.25. The van der Waals surface area contributed by atoms with Crippen LogP contribution in [0.2, 0.25) is 0 Å². The van der Waals surface area contributed by atoms with Crippen molar-refractivity contribution in [1.29, 1.82) is 0 Å². The lowest BCUT2D eigenvalue weighted by Crippen LogP contribution is -2.24. The third-order valence-electron chi connectivity index (χ3n) is 5.28. The number of rotatable bonds is 8. The van der Waals surface area contributed by atoms with E-state index in [0.717, 1.165) is 22.0 Å². The first-order valence-electron chi connectivity index (χ1n) is 12.3. The Morgan fingerprint density at radius 1 is 0.811 bits per heavy atom. The van der Waals surface area contributed by atoms with Gasteiger partial charge in [0.1, 0.15) is 39.8 Å². The SMILES string of the molecule is CC(C)(C)Oc1cc(OC(C)(C)C)cc(C(=O)c2c(-c3ccc(OCCBr)cc3)oc3ccccc23)c1. The molecule has 0 amide bonds. The lowest BCUT2D eigenvalue weighted by Gasteiger charge is -2.25. The highest BCUT2D eigenvalue weighted by Crippen LogP contribution is 2.37. The molecule has 0 aliphatic carbocycles. The smallest absolute Gasteiger partial charge is 0.197 e. The molecule has 4 aromatic rings. The first-order chi connectivity index (χ1) is 17.4. The summed E-state index contributed by atoms with van der Waals surface area (Å²) in [5, 5.41) is 1.50. The number of hydrogen-bond acceptors (Lipinski definition) is 5. The normalized spacial score (nSPS) is 12.0. The van der Waals surface area contributed by atoms with Crippen LogP contribution in [0.1, 0.15) is 57.5 Å². The molecule has 0 radical (unpaired) electrons. The summed E-state index contributed by atoms with van der Waals surface area (Å²) in [5.41, 5.74) is 1.53. The zero-order chi connectivity index (χ0) is 26.8. The van der Waals surface area contributed by atoms with Gasteiger partial charge in [-0.15, -0.1) is 0 Å². The van der Waals surface area contributed by atoms with Gasteiger partial charge in [-0.1, -0.05) is 34.1 Å². The van der Waals surface area contributed by atoms with Gasteiger partial charge in [0, 0.05) is 27.9 Å². The Balaban J connectivity index is 1.83. The van der Waals surface area contributed by atoms with Crippen LogP contribution in [0.25, 0.3) is 22.3 Å². The van der Waals surface area contributed by atoms with Crippen LogP contribution in [0, 0.1) is 0 Å².